The molecule has 0 fully saturated rings. The van der Waals surface area contributed by atoms with Gasteiger partial charge in [-0.2, -0.15) is 0 Å². The first kappa shape index (κ1) is 6.86. The third kappa shape index (κ3) is 1.03. The highest BCUT2D eigenvalue weighted by molar-refractivity contribution is 5.57. The number of rotatable bonds is 2. The molecule has 0 radical (unpaired) electrons. The van der Waals surface area contributed by atoms with Crippen molar-refractivity contribution in [3.05, 3.63) is 23.5 Å². The van der Waals surface area contributed by atoms with E-state index in [4.69, 9.17) is 0 Å². The first-order valence-electron chi connectivity index (χ1n) is 3.11. The van der Waals surface area contributed by atoms with Crippen LogP contribution in [0.25, 0.3) is 0 Å². The summed E-state index contributed by atoms with van der Waals surface area (Å²) < 4.78 is 1.73. The zero-order valence-corrected chi connectivity index (χ0v) is 6.09. The summed E-state index contributed by atoms with van der Waals surface area (Å²) in [5.74, 6) is 0. The largest absolute Gasteiger partial charge is 0.277 e. The zero-order chi connectivity index (χ0) is 7.56. The molecule has 0 saturated carbocycles. The average molecular weight is 138 g/mol. The van der Waals surface area contributed by atoms with Crippen molar-refractivity contribution in [2.75, 3.05) is 5.43 Å². The highest BCUT2D eigenvalue weighted by atomic mass is 16.1. The average Bonchev–Trinajstić information content (AvgIpc) is 2.20. The molecule has 0 aliphatic carbocycles. The Kier molecular flexibility index (Phi) is 1.76. The van der Waals surface area contributed by atoms with E-state index in [9.17, 15) is 4.79 Å². The van der Waals surface area contributed by atoms with Crippen LogP contribution in [-0.4, -0.2) is 11.1 Å². The van der Waals surface area contributed by atoms with Gasteiger partial charge in [-0.05, 0) is 26.0 Å². The van der Waals surface area contributed by atoms with Crippen molar-refractivity contribution >= 4 is 6.41 Å². The number of aromatic nitrogens is 1. The molecule has 0 aromatic carbocycles. The molecule has 0 aliphatic heterocycles. The molecule has 1 amide bonds. The molecule has 0 atom stereocenters. The predicted octanol–water partition coefficient (Wildman–Crippen LogP) is 0.805. The molecular formula is C7H10N2O. The van der Waals surface area contributed by atoms with Crippen molar-refractivity contribution in [2.24, 2.45) is 0 Å². The Morgan fingerprint density at radius 1 is 1.40 bits per heavy atom. The van der Waals surface area contributed by atoms with E-state index in [1.165, 1.54) is 0 Å². The van der Waals surface area contributed by atoms with Crippen molar-refractivity contribution in [1.29, 1.82) is 0 Å². The molecule has 1 rings (SSSR count). The highest BCUT2D eigenvalue weighted by Gasteiger charge is 1.96. The van der Waals surface area contributed by atoms with Crippen LogP contribution < -0.4 is 5.43 Å². The van der Waals surface area contributed by atoms with Crippen LogP contribution in [0.1, 0.15) is 11.4 Å². The van der Waals surface area contributed by atoms with Crippen molar-refractivity contribution < 1.29 is 4.79 Å². The lowest BCUT2D eigenvalue weighted by Gasteiger charge is -2.04. The standard InChI is InChI=1S/C7H10N2O/c1-6-3-4-7(2)9(6)8-5-10/h3-5H,1-2H3,(H,8,10). The molecule has 3 nitrogen and oxygen atoms in total. The summed E-state index contributed by atoms with van der Waals surface area (Å²) in [5, 5.41) is 0. The number of carbonyl (C=O) groups excluding carboxylic acids is 1. The maximum Gasteiger partial charge on any atom is 0.225 e. The van der Waals surface area contributed by atoms with E-state index in [0.29, 0.717) is 6.41 Å². The normalized spacial score (nSPS) is 9.40. The van der Waals surface area contributed by atoms with Crippen molar-refractivity contribution in [1.82, 2.24) is 4.68 Å². The minimum absolute atomic E-state index is 0.667. The third-order valence-corrected chi connectivity index (χ3v) is 1.45. The topological polar surface area (TPSA) is 34.0 Å². The van der Waals surface area contributed by atoms with Crippen LogP contribution in [0.3, 0.4) is 0 Å². The maximum atomic E-state index is 10.0. The molecule has 1 aromatic rings. The summed E-state index contributed by atoms with van der Waals surface area (Å²) in [7, 11) is 0. The number of nitrogens with one attached hydrogen (secondary N) is 1. The number of carbonyl (C=O) groups is 1. The van der Waals surface area contributed by atoms with Gasteiger partial charge in [-0.25, -0.2) is 0 Å². The van der Waals surface area contributed by atoms with Gasteiger partial charge in [-0.15, -0.1) is 0 Å². The summed E-state index contributed by atoms with van der Waals surface area (Å²) in [6.07, 6.45) is 0.667. The Hall–Kier alpha value is -1.25. The lowest BCUT2D eigenvalue weighted by molar-refractivity contribution is -0.106. The minimum atomic E-state index is 0.667. The SMILES string of the molecule is Cc1ccc(C)n1NC=O. The highest BCUT2D eigenvalue weighted by Crippen LogP contribution is 2.02. The van der Waals surface area contributed by atoms with Crippen molar-refractivity contribution in [3.63, 3.8) is 0 Å². The molecule has 1 heterocycles. The second-order valence-electron chi connectivity index (χ2n) is 2.20. The van der Waals surface area contributed by atoms with E-state index in [0.717, 1.165) is 11.4 Å². The first-order valence-corrected chi connectivity index (χ1v) is 3.11. The molecule has 0 bridgehead atoms. The van der Waals surface area contributed by atoms with Gasteiger partial charge in [0, 0.05) is 11.4 Å². The molecule has 0 saturated heterocycles. The van der Waals surface area contributed by atoms with E-state index in [2.05, 4.69) is 5.43 Å². The zero-order valence-electron chi connectivity index (χ0n) is 6.09. The van der Waals surface area contributed by atoms with Gasteiger partial charge in [0.2, 0.25) is 6.41 Å². The Morgan fingerprint density at radius 2 is 1.90 bits per heavy atom. The van der Waals surface area contributed by atoms with Gasteiger partial charge in [0.25, 0.3) is 0 Å². The smallest absolute Gasteiger partial charge is 0.225 e. The monoisotopic (exact) mass is 138 g/mol. The number of hydrogen-bond donors (Lipinski definition) is 1. The third-order valence-electron chi connectivity index (χ3n) is 1.45. The Bertz CT molecular complexity index is 220. The fourth-order valence-electron chi connectivity index (χ4n) is 0.925. The molecule has 1 aromatic heterocycles. The van der Waals surface area contributed by atoms with Crippen LogP contribution in [0.2, 0.25) is 0 Å². The number of nitrogens with zero attached hydrogens (tertiary/aromatic N) is 1. The molecule has 0 unspecified atom stereocenters. The van der Waals surface area contributed by atoms with Crippen LogP contribution in [0.5, 0.6) is 0 Å². The van der Waals surface area contributed by atoms with E-state index in [1.807, 2.05) is 26.0 Å². The Labute approximate surface area is 59.6 Å². The summed E-state index contributed by atoms with van der Waals surface area (Å²) in [5.41, 5.74) is 4.62. The maximum absolute atomic E-state index is 10.0. The van der Waals surface area contributed by atoms with Gasteiger partial charge >= 0.3 is 0 Å². The Morgan fingerprint density at radius 3 is 2.30 bits per heavy atom. The molecule has 1 N–H and O–H groups in total. The molecular weight excluding hydrogens is 128 g/mol. The van der Waals surface area contributed by atoms with Crippen LogP contribution in [-0.2, 0) is 4.79 Å². The summed E-state index contributed by atoms with van der Waals surface area (Å²) >= 11 is 0. The molecule has 3 heteroatoms. The van der Waals surface area contributed by atoms with Crippen LogP contribution in [0, 0.1) is 13.8 Å². The van der Waals surface area contributed by atoms with Gasteiger partial charge in [-0.3, -0.25) is 14.9 Å². The summed E-state index contributed by atoms with van der Waals surface area (Å²) in [4.78, 5) is 10.0. The molecule has 54 valence electrons. The number of aryl methyl sites for hydroxylation is 2. The van der Waals surface area contributed by atoms with E-state index in [1.54, 1.807) is 4.68 Å². The van der Waals surface area contributed by atoms with Crippen molar-refractivity contribution in [2.45, 2.75) is 13.8 Å². The number of amides is 1. The van der Waals surface area contributed by atoms with Crippen molar-refractivity contribution in [3.8, 4) is 0 Å². The van der Waals surface area contributed by atoms with Gasteiger partial charge in [0.15, 0.2) is 0 Å². The second-order valence-corrected chi connectivity index (χ2v) is 2.20. The van der Waals surface area contributed by atoms with Crippen LogP contribution in [0.4, 0.5) is 0 Å². The fraction of sp³-hybridized carbons (Fsp3) is 0.286. The summed E-state index contributed by atoms with van der Waals surface area (Å²) in [6, 6.07) is 3.90. The minimum Gasteiger partial charge on any atom is -0.277 e. The molecule has 0 spiro atoms. The van der Waals surface area contributed by atoms with Crippen LogP contribution >= 0.6 is 0 Å². The van der Waals surface area contributed by atoms with E-state index < -0.39 is 0 Å². The van der Waals surface area contributed by atoms with E-state index >= 15 is 0 Å². The van der Waals surface area contributed by atoms with Gasteiger partial charge in [0.1, 0.15) is 0 Å². The fourth-order valence-corrected chi connectivity index (χ4v) is 0.925. The predicted molar refractivity (Wildman–Crippen MR) is 39.3 cm³/mol. The molecule has 0 aliphatic rings. The second kappa shape index (κ2) is 2.56. The summed E-state index contributed by atoms with van der Waals surface area (Å²) in [6.45, 7) is 3.87. The van der Waals surface area contributed by atoms with Gasteiger partial charge in [0.05, 0.1) is 0 Å². The first-order chi connectivity index (χ1) is 4.75. The van der Waals surface area contributed by atoms with Gasteiger partial charge in [-0.1, -0.05) is 0 Å². The molecule has 10 heavy (non-hydrogen) atoms. The van der Waals surface area contributed by atoms with Crippen LogP contribution in [0.15, 0.2) is 12.1 Å². The lowest BCUT2D eigenvalue weighted by Crippen LogP contribution is -2.14. The van der Waals surface area contributed by atoms with E-state index in [-0.39, 0.29) is 0 Å². The number of hydrogen-bond acceptors (Lipinski definition) is 1. The lowest BCUT2D eigenvalue weighted by atomic mass is 10.5. The Balaban J connectivity index is 2.97. The van der Waals surface area contributed by atoms with Gasteiger partial charge < -0.3 is 0 Å². The quantitative estimate of drug-likeness (QED) is 0.603.